The molecule has 0 aliphatic carbocycles. The highest BCUT2D eigenvalue weighted by Gasteiger charge is 2.14. The molecule has 90 valence electrons. The summed E-state index contributed by atoms with van der Waals surface area (Å²) in [6.45, 7) is 0. The molecule has 0 aliphatic rings. The molecule has 0 aliphatic heterocycles. The van der Waals surface area contributed by atoms with Gasteiger partial charge >= 0.3 is 0 Å². The molecule has 0 atom stereocenters. The Morgan fingerprint density at radius 2 is 1.94 bits per heavy atom. The molecule has 0 N–H and O–H groups in total. The SMILES string of the molecule is COc1ccc2c(c1)c[n+](C)c1c(F)cccc21. The van der Waals surface area contributed by atoms with Gasteiger partial charge in [0.1, 0.15) is 12.8 Å². The topological polar surface area (TPSA) is 13.1 Å². The highest BCUT2D eigenvalue weighted by molar-refractivity contribution is 6.04. The molecule has 1 heterocycles. The lowest BCUT2D eigenvalue weighted by atomic mass is 10.1. The van der Waals surface area contributed by atoms with Gasteiger partial charge < -0.3 is 4.74 Å². The van der Waals surface area contributed by atoms with Crippen molar-refractivity contribution in [3.63, 3.8) is 0 Å². The van der Waals surface area contributed by atoms with Gasteiger partial charge in [-0.1, -0.05) is 6.07 Å². The number of benzene rings is 2. The second-order valence-corrected chi connectivity index (χ2v) is 4.33. The Morgan fingerprint density at radius 1 is 1.11 bits per heavy atom. The zero-order valence-electron chi connectivity index (χ0n) is 10.3. The van der Waals surface area contributed by atoms with Crippen molar-refractivity contribution in [3.05, 3.63) is 48.4 Å². The van der Waals surface area contributed by atoms with Gasteiger partial charge in [-0.05, 0) is 30.3 Å². The van der Waals surface area contributed by atoms with Crippen molar-refractivity contribution in [2.45, 2.75) is 0 Å². The van der Waals surface area contributed by atoms with Crippen LogP contribution in [0.25, 0.3) is 21.7 Å². The number of hydrogen-bond acceptors (Lipinski definition) is 1. The molecular formula is C15H13FNO+. The number of rotatable bonds is 1. The number of pyridine rings is 1. The molecule has 0 unspecified atom stereocenters. The molecule has 3 rings (SSSR count). The average Bonchev–Trinajstić information content (AvgIpc) is 2.38. The van der Waals surface area contributed by atoms with E-state index in [-0.39, 0.29) is 5.82 Å². The van der Waals surface area contributed by atoms with Gasteiger partial charge in [0.2, 0.25) is 5.52 Å². The van der Waals surface area contributed by atoms with Gasteiger partial charge in [-0.3, -0.25) is 0 Å². The Kier molecular flexibility index (Phi) is 2.40. The van der Waals surface area contributed by atoms with E-state index in [1.807, 2.05) is 42.1 Å². The first kappa shape index (κ1) is 11.0. The highest BCUT2D eigenvalue weighted by atomic mass is 19.1. The molecule has 0 radical (unpaired) electrons. The first-order chi connectivity index (χ1) is 8.70. The van der Waals surface area contributed by atoms with Crippen LogP contribution >= 0.6 is 0 Å². The number of fused-ring (bicyclic) bond motifs is 3. The van der Waals surface area contributed by atoms with Gasteiger partial charge in [0.15, 0.2) is 12.0 Å². The van der Waals surface area contributed by atoms with Crippen LogP contribution in [-0.4, -0.2) is 7.11 Å². The second-order valence-electron chi connectivity index (χ2n) is 4.33. The fourth-order valence-electron chi connectivity index (χ4n) is 2.38. The van der Waals surface area contributed by atoms with Crippen molar-refractivity contribution in [1.82, 2.24) is 0 Å². The molecule has 0 spiro atoms. The predicted molar refractivity (Wildman–Crippen MR) is 69.1 cm³/mol. The number of para-hydroxylation sites is 1. The van der Waals surface area contributed by atoms with Crippen LogP contribution in [0.15, 0.2) is 42.6 Å². The number of aryl methyl sites for hydroxylation is 1. The maximum Gasteiger partial charge on any atom is 0.248 e. The number of halogens is 1. The van der Waals surface area contributed by atoms with Crippen LogP contribution in [0.3, 0.4) is 0 Å². The molecule has 3 heteroatoms. The minimum atomic E-state index is -0.201. The second kappa shape index (κ2) is 3.95. The van der Waals surface area contributed by atoms with E-state index in [4.69, 9.17) is 4.74 Å². The number of methoxy groups -OCH3 is 1. The summed E-state index contributed by atoms with van der Waals surface area (Å²) in [7, 11) is 3.49. The van der Waals surface area contributed by atoms with Crippen LogP contribution in [0, 0.1) is 5.82 Å². The minimum absolute atomic E-state index is 0.201. The van der Waals surface area contributed by atoms with Crippen molar-refractivity contribution in [2.24, 2.45) is 7.05 Å². The number of ether oxygens (including phenoxy) is 1. The van der Waals surface area contributed by atoms with Gasteiger partial charge in [0, 0.05) is 5.39 Å². The van der Waals surface area contributed by atoms with Gasteiger partial charge in [-0.15, -0.1) is 0 Å². The summed E-state index contributed by atoms with van der Waals surface area (Å²) < 4.78 is 20.9. The Hall–Kier alpha value is -2.16. The van der Waals surface area contributed by atoms with Crippen molar-refractivity contribution in [2.75, 3.05) is 7.11 Å². The molecule has 0 fully saturated rings. The molecule has 1 aromatic heterocycles. The Labute approximate surface area is 104 Å². The summed E-state index contributed by atoms with van der Waals surface area (Å²) >= 11 is 0. The van der Waals surface area contributed by atoms with E-state index in [2.05, 4.69) is 0 Å². The van der Waals surface area contributed by atoms with E-state index in [0.29, 0.717) is 5.52 Å². The van der Waals surface area contributed by atoms with E-state index in [0.717, 1.165) is 21.9 Å². The third-order valence-corrected chi connectivity index (χ3v) is 3.22. The average molecular weight is 242 g/mol. The lowest BCUT2D eigenvalue weighted by molar-refractivity contribution is -0.644. The summed E-state index contributed by atoms with van der Waals surface area (Å²) in [4.78, 5) is 0. The van der Waals surface area contributed by atoms with Crippen LogP contribution in [0.5, 0.6) is 5.75 Å². The number of aromatic nitrogens is 1. The summed E-state index contributed by atoms with van der Waals surface area (Å²) in [6.07, 6.45) is 1.92. The summed E-state index contributed by atoms with van der Waals surface area (Å²) in [5, 5.41) is 2.98. The first-order valence-corrected chi connectivity index (χ1v) is 5.75. The minimum Gasteiger partial charge on any atom is -0.497 e. The van der Waals surface area contributed by atoms with Gasteiger partial charge in [0.05, 0.1) is 17.9 Å². The maximum atomic E-state index is 13.9. The molecule has 2 aromatic carbocycles. The standard InChI is InChI=1S/C15H13FNO/c1-17-9-10-8-11(18-2)6-7-12(10)13-4-3-5-14(16)15(13)17/h3-9H,1-2H3/q+1. The van der Waals surface area contributed by atoms with E-state index in [1.165, 1.54) is 6.07 Å². The Balaban J connectivity index is 2.50. The zero-order chi connectivity index (χ0) is 12.7. The van der Waals surface area contributed by atoms with Crippen LogP contribution in [0.4, 0.5) is 4.39 Å². The lowest BCUT2D eigenvalue weighted by Gasteiger charge is -2.05. The Morgan fingerprint density at radius 3 is 2.72 bits per heavy atom. The van der Waals surface area contributed by atoms with E-state index < -0.39 is 0 Å². The van der Waals surface area contributed by atoms with Crippen LogP contribution < -0.4 is 9.30 Å². The molecule has 2 nitrogen and oxygen atoms in total. The molecule has 18 heavy (non-hydrogen) atoms. The quantitative estimate of drug-likeness (QED) is 0.472. The van der Waals surface area contributed by atoms with Crippen molar-refractivity contribution >= 4 is 21.7 Å². The van der Waals surface area contributed by atoms with Crippen LogP contribution in [-0.2, 0) is 7.05 Å². The molecule has 0 bridgehead atoms. The number of nitrogens with zero attached hydrogens (tertiary/aromatic N) is 1. The van der Waals surface area contributed by atoms with Gasteiger partial charge in [-0.25, -0.2) is 0 Å². The third-order valence-electron chi connectivity index (χ3n) is 3.22. The summed E-state index contributed by atoms with van der Waals surface area (Å²) in [6, 6.07) is 11.0. The molecule has 0 amide bonds. The molecule has 0 saturated carbocycles. The fourth-order valence-corrected chi connectivity index (χ4v) is 2.38. The van der Waals surface area contributed by atoms with E-state index in [9.17, 15) is 4.39 Å². The van der Waals surface area contributed by atoms with Crippen LogP contribution in [0.1, 0.15) is 0 Å². The maximum absolute atomic E-state index is 13.9. The van der Waals surface area contributed by atoms with Crippen molar-refractivity contribution < 1.29 is 13.7 Å². The fraction of sp³-hybridized carbons (Fsp3) is 0.133. The smallest absolute Gasteiger partial charge is 0.248 e. The van der Waals surface area contributed by atoms with Gasteiger partial charge in [-0.2, -0.15) is 8.96 Å². The van der Waals surface area contributed by atoms with Crippen molar-refractivity contribution in [3.8, 4) is 5.75 Å². The third kappa shape index (κ3) is 1.51. The molecule has 3 aromatic rings. The lowest BCUT2D eigenvalue weighted by Crippen LogP contribution is -2.29. The summed E-state index contributed by atoms with van der Waals surface area (Å²) in [5.74, 6) is 0.603. The monoisotopic (exact) mass is 242 g/mol. The van der Waals surface area contributed by atoms with E-state index in [1.54, 1.807) is 13.2 Å². The van der Waals surface area contributed by atoms with Crippen molar-refractivity contribution in [1.29, 1.82) is 0 Å². The zero-order valence-corrected chi connectivity index (χ0v) is 10.3. The summed E-state index contributed by atoms with van der Waals surface area (Å²) in [5.41, 5.74) is 0.621. The van der Waals surface area contributed by atoms with Gasteiger partial charge in [0.25, 0.3) is 0 Å². The highest BCUT2D eigenvalue weighted by Crippen LogP contribution is 2.26. The predicted octanol–water partition coefficient (Wildman–Crippen LogP) is 2.97. The van der Waals surface area contributed by atoms with E-state index >= 15 is 0 Å². The first-order valence-electron chi connectivity index (χ1n) is 5.75. The largest absolute Gasteiger partial charge is 0.497 e. The molecular weight excluding hydrogens is 229 g/mol. The Bertz CT molecular complexity index is 752. The molecule has 0 saturated heterocycles. The number of hydrogen-bond donors (Lipinski definition) is 0. The van der Waals surface area contributed by atoms with Crippen LogP contribution in [0.2, 0.25) is 0 Å². The normalized spacial score (nSPS) is 11.1.